The molecule has 0 saturated carbocycles. The van der Waals surface area contributed by atoms with E-state index in [0.717, 1.165) is 35.4 Å². The number of Topliss-reactive ketones (excluding diaryl/α,β-unsaturated/α-hetero) is 1. The predicted molar refractivity (Wildman–Crippen MR) is 116 cm³/mol. The molecule has 140 valence electrons. The summed E-state index contributed by atoms with van der Waals surface area (Å²) < 4.78 is 0.784. The van der Waals surface area contributed by atoms with Crippen LogP contribution in [0, 0.1) is 23.5 Å². The van der Waals surface area contributed by atoms with E-state index in [1.165, 1.54) is 11.1 Å². The number of carbonyl (C=O) groups excluding carboxylic acids is 1. The van der Waals surface area contributed by atoms with Gasteiger partial charge >= 0.3 is 32.7 Å². The molecule has 1 aliphatic heterocycles. The van der Waals surface area contributed by atoms with Crippen LogP contribution in [0.25, 0.3) is 10.4 Å². The molecular formula is C20H21IN5OY+2. The Hall–Kier alpha value is -0.986. The third-order valence-electron chi connectivity index (χ3n) is 4.73. The van der Waals surface area contributed by atoms with Gasteiger partial charge in [0.2, 0.25) is 0 Å². The molecule has 0 unspecified atom stereocenters. The maximum atomic E-state index is 12.6. The average Bonchev–Trinajstić information content (AvgIpc) is 2.64. The molecule has 0 radical (unpaired) electrons. The van der Waals surface area contributed by atoms with E-state index >= 15 is 0 Å². The van der Waals surface area contributed by atoms with Gasteiger partial charge in [-0.05, 0) is 34.2 Å². The third kappa shape index (κ3) is 5.77. The van der Waals surface area contributed by atoms with Gasteiger partial charge in [-0.15, -0.1) is 5.56 Å². The van der Waals surface area contributed by atoms with E-state index in [-0.39, 0.29) is 38.5 Å². The van der Waals surface area contributed by atoms with Crippen LogP contribution in [0.1, 0.15) is 21.5 Å². The first-order valence-corrected chi connectivity index (χ1v) is 9.90. The second kappa shape index (κ2) is 10.7. The van der Waals surface area contributed by atoms with Crippen LogP contribution in [0.4, 0.5) is 11.4 Å². The van der Waals surface area contributed by atoms with Gasteiger partial charge in [-0.1, -0.05) is 36.8 Å². The van der Waals surface area contributed by atoms with E-state index in [0.29, 0.717) is 17.8 Å². The third-order valence-corrected chi connectivity index (χ3v) is 5.60. The van der Waals surface area contributed by atoms with E-state index in [2.05, 4.69) is 68.4 Å². The van der Waals surface area contributed by atoms with Crippen LogP contribution in [0.15, 0.2) is 35.4 Å². The van der Waals surface area contributed by atoms with Crippen molar-refractivity contribution in [2.75, 3.05) is 37.6 Å². The fourth-order valence-electron chi connectivity index (χ4n) is 3.32. The fourth-order valence-corrected chi connectivity index (χ4v) is 3.95. The van der Waals surface area contributed by atoms with Gasteiger partial charge in [0.1, 0.15) is 0 Å². The number of anilines is 1. The molecule has 0 N–H and O–H groups in total. The monoisotopic (exact) mass is 563 g/mol. The summed E-state index contributed by atoms with van der Waals surface area (Å²) in [7, 11) is 0. The van der Waals surface area contributed by atoms with E-state index < -0.39 is 0 Å². The Morgan fingerprint density at radius 3 is 2.57 bits per heavy atom. The Kier molecular flexibility index (Phi) is 8.90. The minimum atomic E-state index is 0. The predicted octanol–water partition coefficient (Wildman–Crippen LogP) is 4.65. The number of azide groups is 1. The van der Waals surface area contributed by atoms with E-state index in [1.807, 2.05) is 6.07 Å². The average molecular weight is 563 g/mol. The Labute approximate surface area is 204 Å². The molecule has 1 heterocycles. The van der Waals surface area contributed by atoms with Gasteiger partial charge in [-0.2, -0.15) is 23.8 Å². The molecule has 8 heteroatoms. The number of carbonyl (C=O) groups is 1. The molecule has 2 aromatic carbocycles. The minimum absolute atomic E-state index is 0. The Bertz CT molecular complexity index is 905. The maximum Gasteiger partial charge on any atom is 3.00 e. The zero-order chi connectivity index (χ0) is 19.4. The van der Waals surface area contributed by atoms with Gasteiger partial charge < -0.3 is 4.90 Å². The van der Waals surface area contributed by atoms with Crippen molar-refractivity contribution in [3.63, 3.8) is 0 Å². The summed E-state index contributed by atoms with van der Waals surface area (Å²) in [5, 5.41) is 3.61. The molecular weight excluding hydrogens is 542 g/mol. The Morgan fingerprint density at radius 1 is 1.25 bits per heavy atom. The van der Waals surface area contributed by atoms with Crippen molar-refractivity contribution in [1.82, 2.24) is 4.90 Å². The molecule has 0 spiro atoms. The molecule has 1 aliphatic rings. The van der Waals surface area contributed by atoms with Crippen LogP contribution in [-0.2, 0) is 32.7 Å². The molecule has 3 rings (SSSR count). The molecule has 1 fully saturated rings. The minimum Gasteiger partial charge on any atom is -0.391 e. The number of nitrogens with zero attached hydrogens (tertiary/aromatic N) is 5. The van der Waals surface area contributed by atoms with Crippen molar-refractivity contribution in [3.05, 3.63) is 67.1 Å². The summed E-state index contributed by atoms with van der Waals surface area (Å²) in [6.07, 6.45) is 0. The number of aryl methyl sites for hydroxylation is 2. The molecule has 0 amide bonds. The zero-order valence-electron chi connectivity index (χ0n) is 16.0. The SMILES string of the molecule is Cc1c[c-]c(N2CCN(CC(=O)c3ccc(N=[N+]=[N-])c(I)c3)CC2)c(C)c1.[Y+3]. The van der Waals surface area contributed by atoms with Crippen LogP contribution in [-0.4, -0.2) is 43.4 Å². The Balaban J connectivity index is 0.00000280. The van der Waals surface area contributed by atoms with Gasteiger partial charge in [0.05, 0.1) is 12.2 Å². The summed E-state index contributed by atoms with van der Waals surface area (Å²) in [5.74, 6) is 0.0898. The van der Waals surface area contributed by atoms with Crippen molar-refractivity contribution in [1.29, 1.82) is 0 Å². The number of ketones is 1. The van der Waals surface area contributed by atoms with Gasteiger partial charge in [-0.3, -0.25) is 9.69 Å². The zero-order valence-corrected chi connectivity index (χ0v) is 21.0. The van der Waals surface area contributed by atoms with E-state index in [9.17, 15) is 4.79 Å². The molecule has 0 aliphatic carbocycles. The van der Waals surface area contributed by atoms with E-state index in [1.54, 1.807) is 18.2 Å². The molecule has 0 bridgehead atoms. The number of rotatable bonds is 5. The van der Waals surface area contributed by atoms with Crippen LogP contribution >= 0.6 is 22.6 Å². The molecule has 28 heavy (non-hydrogen) atoms. The van der Waals surface area contributed by atoms with Gasteiger partial charge in [0.25, 0.3) is 0 Å². The van der Waals surface area contributed by atoms with Crippen molar-refractivity contribution in [3.8, 4) is 0 Å². The first-order chi connectivity index (χ1) is 13.0. The largest absolute Gasteiger partial charge is 3.00 e. The van der Waals surface area contributed by atoms with Crippen LogP contribution in [0.5, 0.6) is 0 Å². The summed E-state index contributed by atoms with van der Waals surface area (Å²) in [6, 6.07) is 12.8. The number of benzene rings is 2. The normalized spacial score (nSPS) is 14.2. The molecule has 6 nitrogen and oxygen atoms in total. The summed E-state index contributed by atoms with van der Waals surface area (Å²) in [6.45, 7) is 8.08. The number of hydrogen-bond donors (Lipinski definition) is 0. The second-order valence-electron chi connectivity index (χ2n) is 6.75. The molecule has 2 aromatic rings. The summed E-state index contributed by atoms with van der Waals surface area (Å²) in [4.78, 5) is 19.9. The number of piperazine rings is 1. The van der Waals surface area contributed by atoms with Crippen LogP contribution in [0.3, 0.4) is 0 Å². The van der Waals surface area contributed by atoms with Crippen molar-refractivity contribution in [2.45, 2.75) is 13.8 Å². The van der Waals surface area contributed by atoms with Crippen molar-refractivity contribution in [2.24, 2.45) is 5.11 Å². The summed E-state index contributed by atoms with van der Waals surface area (Å²) >= 11 is 2.09. The van der Waals surface area contributed by atoms with Gasteiger partial charge in [-0.25, -0.2) is 0 Å². The first-order valence-electron chi connectivity index (χ1n) is 8.82. The van der Waals surface area contributed by atoms with Crippen LogP contribution < -0.4 is 4.90 Å². The molecule has 0 aromatic heterocycles. The van der Waals surface area contributed by atoms with Gasteiger partial charge in [0.15, 0.2) is 5.78 Å². The topological polar surface area (TPSA) is 72.3 Å². The summed E-state index contributed by atoms with van der Waals surface area (Å²) in [5.41, 5.74) is 13.4. The van der Waals surface area contributed by atoms with E-state index in [4.69, 9.17) is 5.53 Å². The van der Waals surface area contributed by atoms with Crippen LogP contribution in [0.2, 0.25) is 0 Å². The van der Waals surface area contributed by atoms with Gasteiger partial charge in [0, 0.05) is 40.2 Å². The molecule has 1 saturated heterocycles. The standard InChI is InChI=1S/C20H21IN5O.Y/c1-14-3-6-19(15(2)11-14)26-9-7-25(8-10-26)13-20(27)16-4-5-18(23-24-22)17(21)12-16;/h3-5,11-12H,7-10,13H2,1-2H3;/q-1;+3. The quantitative estimate of drug-likeness (QED) is 0.133. The van der Waals surface area contributed by atoms with Crippen molar-refractivity contribution < 1.29 is 37.5 Å². The smallest absolute Gasteiger partial charge is 0.391 e. The fraction of sp³-hybridized carbons (Fsp3) is 0.350. The Morgan fingerprint density at radius 2 is 1.96 bits per heavy atom. The number of halogens is 1. The first kappa shape index (κ1) is 23.3. The molecule has 0 atom stereocenters. The second-order valence-corrected chi connectivity index (χ2v) is 7.91. The van der Waals surface area contributed by atoms with Crippen molar-refractivity contribution >= 4 is 39.7 Å². The maximum absolute atomic E-state index is 12.6. The number of hydrogen-bond acceptors (Lipinski definition) is 4.